The maximum atomic E-state index is 13.2. The van der Waals surface area contributed by atoms with Gasteiger partial charge in [0.25, 0.3) is 0 Å². The molecule has 39 heavy (non-hydrogen) atoms. The summed E-state index contributed by atoms with van der Waals surface area (Å²) < 4.78 is 24.8. The van der Waals surface area contributed by atoms with E-state index in [0.29, 0.717) is 31.9 Å². The summed E-state index contributed by atoms with van der Waals surface area (Å²) in [5, 5.41) is 9.79. The number of likely N-dealkylation sites (N-methyl/N-ethyl adjacent to an activating group) is 1. The first-order valence-corrected chi connectivity index (χ1v) is 13.0. The summed E-state index contributed by atoms with van der Waals surface area (Å²) in [6.07, 6.45) is 0.807. The zero-order valence-electron chi connectivity index (χ0n) is 22.8. The van der Waals surface area contributed by atoms with Crippen LogP contribution >= 0.6 is 0 Å². The maximum absolute atomic E-state index is 13.2. The molecule has 1 aliphatic heterocycles. The van der Waals surface area contributed by atoms with Crippen molar-refractivity contribution >= 4 is 12.0 Å². The van der Waals surface area contributed by atoms with Crippen molar-refractivity contribution in [2.45, 2.75) is 51.8 Å². The van der Waals surface area contributed by atoms with Crippen molar-refractivity contribution in [3.63, 3.8) is 0 Å². The molecule has 0 spiro atoms. The number of halogens is 1. The Morgan fingerprint density at radius 3 is 2.28 bits per heavy atom. The van der Waals surface area contributed by atoms with E-state index in [4.69, 9.17) is 9.47 Å². The zero-order valence-corrected chi connectivity index (χ0v) is 22.8. The molecule has 2 atom stereocenters. The number of amides is 2. The second-order valence-electron chi connectivity index (χ2n) is 10.4. The van der Waals surface area contributed by atoms with Crippen LogP contribution in [0.15, 0.2) is 66.7 Å². The van der Waals surface area contributed by atoms with E-state index in [2.05, 4.69) is 32.0 Å². The number of aliphatic carboxylic acids is 1. The molecule has 7 nitrogen and oxygen atoms in total. The van der Waals surface area contributed by atoms with Gasteiger partial charge >= 0.3 is 12.0 Å². The van der Waals surface area contributed by atoms with E-state index in [9.17, 15) is 19.1 Å². The third kappa shape index (κ3) is 6.88. The van der Waals surface area contributed by atoms with E-state index in [1.807, 2.05) is 11.9 Å². The van der Waals surface area contributed by atoms with Gasteiger partial charge in [-0.15, -0.1) is 0 Å². The van der Waals surface area contributed by atoms with Gasteiger partial charge in [0.1, 0.15) is 17.3 Å². The Balaban J connectivity index is 1.29. The highest BCUT2D eigenvalue weighted by atomic mass is 19.1. The average Bonchev–Trinajstić information content (AvgIpc) is 3.16. The summed E-state index contributed by atoms with van der Waals surface area (Å²) in [5.74, 6) is -0.594. The molecule has 3 aromatic rings. The number of hydrogen-bond donors (Lipinski definition) is 1. The summed E-state index contributed by atoms with van der Waals surface area (Å²) >= 11 is 0. The predicted molar refractivity (Wildman–Crippen MR) is 147 cm³/mol. The fourth-order valence-electron chi connectivity index (χ4n) is 4.70. The molecule has 0 saturated carbocycles. The molecule has 206 valence electrons. The lowest BCUT2D eigenvalue weighted by Gasteiger charge is -2.26. The van der Waals surface area contributed by atoms with E-state index in [1.54, 1.807) is 29.2 Å². The Hall–Kier alpha value is -4.07. The molecular formula is C31H35FN2O5. The van der Waals surface area contributed by atoms with Gasteiger partial charge in [-0.05, 0) is 79.4 Å². The Morgan fingerprint density at radius 2 is 1.64 bits per heavy atom. The molecule has 0 aromatic heterocycles. The standard InChI is InChI=1S/C31H35FN2O5/c1-21-5-6-24(17-22(21)2)19-34-20-26(33(4)30(34)37)15-16-38-27-11-7-23(8-12-27)18-31(3,29(35)36)39-28-13-9-25(32)10-14-28/h5-14,17,26H,15-16,18-20H2,1-4H3,(H,35,36). The predicted octanol–water partition coefficient (Wildman–Crippen LogP) is 5.61. The minimum atomic E-state index is -1.52. The molecular weight excluding hydrogens is 499 g/mol. The van der Waals surface area contributed by atoms with E-state index in [0.717, 1.165) is 11.1 Å². The number of rotatable bonds is 11. The van der Waals surface area contributed by atoms with Crippen LogP contribution in [0.3, 0.4) is 0 Å². The van der Waals surface area contributed by atoms with Crippen LogP contribution in [0, 0.1) is 19.7 Å². The van der Waals surface area contributed by atoms with Crippen molar-refractivity contribution in [3.8, 4) is 11.5 Å². The topological polar surface area (TPSA) is 79.3 Å². The summed E-state index contributed by atoms with van der Waals surface area (Å²) in [6.45, 7) is 7.33. The zero-order chi connectivity index (χ0) is 28.2. The second-order valence-corrected chi connectivity index (χ2v) is 10.4. The van der Waals surface area contributed by atoms with Gasteiger partial charge in [-0.1, -0.05) is 30.3 Å². The molecule has 4 rings (SSSR count). The van der Waals surface area contributed by atoms with Gasteiger partial charge in [-0.25, -0.2) is 14.0 Å². The molecule has 0 radical (unpaired) electrons. The van der Waals surface area contributed by atoms with Crippen molar-refractivity contribution in [3.05, 3.63) is 94.8 Å². The van der Waals surface area contributed by atoms with E-state index >= 15 is 0 Å². The first-order chi connectivity index (χ1) is 18.5. The Kier molecular flexibility index (Phi) is 8.43. The number of aryl methyl sites for hydroxylation is 2. The Morgan fingerprint density at radius 1 is 1.00 bits per heavy atom. The number of urea groups is 1. The van der Waals surface area contributed by atoms with Crippen LogP contribution in [0.2, 0.25) is 0 Å². The third-order valence-corrected chi connectivity index (χ3v) is 7.29. The quantitative estimate of drug-likeness (QED) is 0.346. The van der Waals surface area contributed by atoms with E-state index in [-0.39, 0.29) is 24.2 Å². The lowest BCUT2D eigenvalue weighted by atomic mass is 9.96. The molecule has 1 saturated heterocycles. The highest BCUT2D eigenvalue weighted by molar-refractivity contribution is 5.78. The van der Waals surface area contributed by atoms with Gasteiger partial charge in [0.15, 0.2) is 0 Å². The molecule has 0 aliphatic carbocycles. The van der Waals surface area contributed by atoms with Gasteiger partial charge in [0.05, 0.1) is 12.6 Å². The first kappa shape index (κ1) is 28.0. The van der Waals surface area contributed by atoms with Crippen LogP contribution in [0.4, 0.5) is 9.18 Å². The molecule has 1 fully saturated rings. The Bertz CT molecular complexity index is 1310. The monoisotopic (exact) mass is 534 g/mol. The van der Waals surface area contributed by atoms with Crippen LogP contribution in [-0.2, 0) is 17.8 Å². The number of carboxylic acid groups (broad SMARTS) is 1. The van der Waals surface area contributed by atoms with Crippen molar-refractivity contribution in [1.82, 2.24) is 9.80 Å². The third-order valence-electron chi connectivity index (χ3n) is 7.29. The average molecular weight is 535 g/mol. The van der Waals surface area contributed by atoms with Crippen molar-refractivity contribution in [2.75, 3.05) is 20.2 Å². The molecule has 8 heteroatoms. The van der Waals surface area contributed by atoms with Crippen LogP contribution in [0.5, 0.6) is 11.5 Å². The second kappa shape index (κ2) is 11.8. The van der Waals surface area contributed by atoms with Crippen LogP contribution < -0.4 is 9.47 Å². The van der Waals surface area contributed by atoms with Crippen LogP contribution in [0.1, 0.15) is 35.6 Å². The SMILES string of the molecule is Cc1ccc(CN2CC(CCOc3ccc(CC(C)(Oc4ccc(F)cc4)C(=O)O)cc3)N(C)C2=O)cc1C. The number of carbonyl (C=O) groups excluding carboxylic acids is 1. The highest BCUT2D eigenvalue weighted by Gasteiger charge is 2.36. The molecule has 2 amide bonds. The normalized spacial score (nSPS) is 16.7. The molecule has 2 unspecified atom stereocenters. The fraction of sp³-hybridized carbons (Fsp3) is 0.355. The van der Waals surface area contributed by atoms with Crippen molar-refractivity contribution < 1.29 is 28.6 Å². The minimum absolute atomic E-state index is 0.0203. The maximum Gasteiger partial charge on any atom is 0.348 e. The number of nitrogens with zero attached hydrogens (tertiary/aromatic N) is 2. The molecule has 0 bridgehead atoms. The minimum Gasteiger partial charge on any atom is -0.494 e. The largest absolute Gasteiger partial charge is 0.494 e. The number of carbonyl (C=O) groups is 2. The summed E-state index contributed by atoms with van der Waals surface area (Å²) in [4.78, 5) is 28.4. The van der Waals surface area contributed by atoms with Crippen LogP contribution in [-0.4, -0.2) is 58.7 Å². The molecule has 1 aliphatic rings. The highest BCUT2D eigenvalue weighted by Crippen LogP contribution is 2.25. The fourth-order valence-corrected chi connectivity index (χ4v) is 4.70. The summed E-state index contributed by atoms with van der Waals surface area (Å²) in [6, 6.07) is 18.9. The smallest absolute Gasteiger partial charge is 0.348 e. The van der Waals surface area contributed by atoms with Gasteiger partial charge in [-0.3, -0.25) is 0 Å². The number of ether oxygens (including phenoxy) is 2. The molecule has 1 heterocycles. The van der Waals surface area contributed by atoms with E-state index in [1.165, 1.54) is 42.3 Å². The van der Waals surface area contributed by atoms with Gasteiger partial charge in [-0.2, -0.15) is 0 Å². The van der Waals surface area contributed by atoms with Crippen molar-refractivity contribution in [1.29, 1.82) is 0 Å². The Labute approximate surface area is 228 Å². The molecule has 1 N–H and O–H groups in total. The van der Waals surface area contributed by atoms with Gasteiger partial charge in [0.2, 0.25) is 5.60 Å². The molecule has 3 aromatic carbocycles. The lowest BCUT2D eigenvalue weighted by Crippen LogP contribution is -2.43. The van der Waals surface area contributed by atoms with Gasteiger partial charge < -0.3 is 24.4 Å². The van der Waals surface area contributed by atoms with Gasteiger partial charge in [0, 0.05) is 33.0 Å². The summed E-state index contributed by atoms with van der Waals surface area (Å²) in [5.41, 5.74) is 2.82. The van der Waals surface area contributed by atoms with Crippen molar-refractivity contribution in [2.24, 2.45) is 0 Å². The van der Waals surface area contributed by atoms with Crippen LogP contribution in [0.25, 0.3) is 0 Å². The number of benzene rings is 3. The number of hydrogen-bond acceptors (Lipinski definition) is 4. The number of carboxylic acids is 1. The lowest BCUT2D eigenvalue weighted by molar-refractivity contribution is -0.153. The first-order valence-electron chi connectivity index (χ1n) is 13.0. The van der Waals surface area contributed by atoms with E-state index < -0.39 is 17.4 Å². The summed E-state index contributed by atoms with van der Waals surface area (Å²) in [7, 11) is 1.83.